The fraction of sp³-hybridized carbons (Fsp3) is 0.455. The quantitative estimate of drug-likeness (QED) is 0.814. The lowest BCUT2D eigenvalue weighted by molar-refractivity contribution is 0.0690. The summed E-state index contributed by atoms with van der Waals surface area (Å²) in [5.74, 6) is -0.997. The lowest BCUT2D eigenvalue weighted by atomic mass is 10.1. The normalized spacial score (nSPS) is 10.5. The van der Waals surface area contributed by atoms with Crippen LogP contribution in [0.2, 0.25) is 0 Å². The van der Waals surface area contributed by atoms with Gasteiger partial charge >= 0.3 is 5.97 Å². The molecule has 1 N–H and O–H groups in total. The number of pyridine rings is 1. The van der Waals surface area contributed by atoms with E-state index in [2.05, 4.69) is 20.9 Å². The second-order valence-corrected chi connectivity index (χ2v) is 3.96. The predicted octanol–water partition coefficient (Wildman–Crippen LogP) is 1.97. The number of hydrogen-bond acceptors (Lipinski definition) is 4. The molecule has 1 aromatic heterocycles. The molecule has 0 aliphatic carbocycles. The standard InChI is InChI=1S/C11H14BrNO4/c1-16-5-7-3-8(6-17-2)13-9(4-12)10(7)11(14)15/h3H,4-6H2,1-2H3,(H,14,15). The molecular weight excluding hydrogens is 290 g/mol. The number of hydrogen-bond donors (Lipinski definition) is 1. The molecule has 0 saturated heterocycles. The summed E-state index contributed by atoms with van der Waals surface area (Å²) >= 11 is 3.24. The SMILES string of the molecule is COCc1cc(COC)c(C(=O)O)c(CBr)n1. The molecule has 0 aliphatic heterocycles. The van der Waals surface area contributed by atoms with E-state index in [1.165, 1.54) is 7.11 Å². The highest BCUT2D eigenvalue weighted by molar-refractivity contribution is 9.08. The van der Waals surface area contributed by atoms with Crippen LogP contribution in [0.1, 0.15) is 27.3 Å². The molecule has 5 nitrogen and oxygen atoms in total. The van der Waals surface area contributed by atoms with Crippen molar-refractivity contribution < 1.29 is 19.4 Å². The van der Waals surface area contributed by atoms with Crippen molar-refractivity contribution >= 4 is 21.9 Å². The number of rotatable bonds is 6. The second-order valence-electron chi connectivity index (χ2n) is 3.40. The van der Waals surface area contributed by atoms with E-state index in [-0.39, 0.29) is 12.2 Å². The molecule has 0 radical (unpaired) electrons. The topological polar surface area (TPSA) is 68.7 Å². The number of methoxy groups -OCH3 is 2. The molecule has 0 fully saturated rings. The Labute approximate surface area is 108 Å². The Bertz CT molecular complexity index is 409. The van der Waals surface area contributed by atoms with Gasteiger partial charge in [-0.05, 0) is 11.6 Å². The van der Waals surface area contributed by atoms with Gasteiger partial charge in [0.2, 0.25) is 0 Å². The number of carboxylic acid groups (broad SMARTS) is 1. The van der Waals surface area contributed by atoms with Crippen LogP contribution in [0, 0.1) is 0 Å². The lowest BCUT2D eigenvalue weighted by Gasteiger charge is -2.11. The molecule has 0 atom stereocenters. The number of carboxylic acids is 1. The van der Waals surface area contributed by atoms with Gasteiger partial charge in [-0.3, -0.25) is 4.98 Å². The summed E-state index contributed by atoms with van der Waals surface area (Å²) in [4.78, 5) is 15.4. The van der Waals surface area contributed by atoms with E-state index in [1.807, 2.05) is 0 Å². The number of halogens is 1. The highest BCUT2D eigenvalue weighted by Crippen LogP contribution is 2.19. The van der Waals surface area contributed by atoms with E-state index in [4.69, 9.17) is 9.47 Å². The third-order valence-electron chi connectivity index (χ3n) is 2.16. The largest absolute Gasteiger partial charge is 0.478 e. The Morgan fingerprint density at radius 2 is 2.06 bits per heavy atom. The van der Waals surface area contributed by atoms with Crippen molar-refractivity contribution in [2.24, 2.45) is 0 Å². The molecule has 94 valence electrons. The van der Waals surface area contributed by atoms with Crippen LogP contribution < -0.4 is 0 Å². The van der Waals surface area contributed by atoms with Crippen LogP contribution in [-0.2, 0) is 28.0 Å². The average Bonchev–Trinajstić information content (AvgIpc) is 2.28. The van der Waals surface area contributed by atoms with Gasteiger partial charge in [-0.1, -0.05) is 15.9 Å². The second kappa shape index (κ2) is 6.68. The van der Waals surface area contributed by atoms with Gasteiger partial charge in [0.05, 0.1) is 30.2 Å². The van der Waals surface area contributed by atoms with Crippen molar-refractivity contribution in [1.29, 1.82) is 0 Å². The molecule has 0 saturated carbocycles. The minimum absolute atomic E-state index is 0.198. The molecule has 17 heavy (non-hydrogen) atoms. The molecule has 0 bridgehead atoms. The summed E-state index contributed by atoms with van der Waals surface area (Å²) in [6.07, 6.45) is 0. The molecule has 0 unspecified atom stereocenters. The molecule has 6 heteroatoms. The van der Waals surface area contributed by atoms with Gasteiger partial charge in [-0.2, -0.15) is 0 Å². The molecule has 0 spiro atoms. The van der Waals surface area contributed by atoms with E-state index >= 15 is 0 Å². The zero-order valence-corrected chi connectivity index (χ0v) is 11.3. The first kappa shape index (κ1) is 14.1. The van der Waals surface area contributed by atoms with Crippen LogP contribution >= 0.6 is 15.9 Å². The smallest absolute Gasteiger partial charge is 0.337 e. The van der Waals surface area contributed by atoms with Crippen molar-refractivity contribution in [2.45, 2.75) is 18.5 Å². The average molecular weight is 304 g/mol. The van der Waals surface area contributed by atoms with Crippen molar-refractivity contribution in [1.82, 2.24) is 4.98 Å². The van der Waals surface area contributed by atoms with Crippen molar-refractivity contribution in [3.8, 4) is 0 Å². The van der Waals surface area contributed by atoms with Crippen LogP contribution in [0.5, 0.6) is 0 Å². The summed E-state index contributed by atoms with van der Waals surface area (Å²) in [6.45, 7) is 0.581. The maximum atomic E-state index is 11.2. The molecule has 1 aromatic rings. The van der Waals surface area contributed by atoms with Crippen LogP contribution in [-0.4, -0.2) is 30.3 Å². The third-order valence-corrected chi connectivity index (χ3v) is 2.69. The summed E-state index contributed by atoms with van der Waals surface area (Å²) in [7, 11) is 3.09. The van der Waals surface area contributed by atoms with Crippen molar-refractivity contribution in [3.63, 3.8) is 0 Å². The fourth-order valence-electron chi connectivity index (χ4n) is 1.57. The van der Waals surface area contributed by atoms with Crippen molar-refractivity contribution in [3.05, 3.63) is 28.6 Å². The summed E-state index contributed by atoms with van der Waals surface area (Å²) < 4.78 is 10.00. The first-order valence-electron chi connectivity index (χ1n) is 4.92. The number of ether oxygens (including phenoxy) is 2. The molecule has 1 rings (SSSR count). The molecule has 0 amide bonds. The van der Waals surface area contributed by atoms with Crippen LogP contribution in [0.4, 0.5) is 0 Å². The highest BCUT2D eigenvalue weighted by atomic mass is 79.9. The van der Waals surface area contributed by atoms with Gasteiger partial charge in [0, 0.05) is 19.5 Å². The molecule has 1 heterocycles. The number of carbonyl (C=O) groups is 1. The van der Waals surface area contributed by atoms with E-state index < -0.39 is 5.97 Å². The first-order valence-corrected chi connectivity index (χ1v) is 6.05. The zero-order chi connectivity index (χ0) is 12.8. The number of aromatic nitrogens is 1. The van der Waals surface area contributed by atoms with Crippen LogP contribution in [0.25, 0.3) is 0 Å². The number of alkyl halides is 1. The number of aromatic carboxylic acids is 1. The minimum atomic E-state index is -0.997. The van der Waals surface area contributed by atoms with E-state index in [1.54, 1.807) is 13.2 Å². The highest BCUT2D eigenvalue weighted by Gasteiger charge is 2.17. The first-order chi connectivity index (χ1) is 8.13. The molecular formula is C11H14BrNO4. The monoisotopic (exact) mass is 303 g/mol. The maximum Gasteiger partial charge on any atom is 0.337 e. The fourth-order valence-corrected chi connectivity index (χ4v) is 1.97. The summed E-state index contributed by atoms with van der Waals surface area (Å²) in [6, 6.07) is 1.70. The third kappa shape index (κ3) is 3.49. The lowest BCUT2D eigenvalue weighted by Crippen LogP contribution is -2.11. The van der Waals surface area contributed by atoms with Crippen LogP contribution in [0.15, 0.2) is 6.07 Å². The van der Waals surface area contributed by atoms with Gasteiger partial charge in [0.25, 0.3) is 0 Å². The van der Waals surface area contributed by atoms with Gasteiger partial charge in [-0.15, -0.1) is 0 Å². The minimum Gasteiger partial charge on any atom is -0.478 e. The van der Waals surface area contributed by atoms with E-state index in [0.29, 0.717) is 28.9 Å². The van der Waals surface area contributed by atoms with E-state index in [0.717, 1.165) is 0 Å². The molecule has 0 aliphatic rings. The Kier molecular flexibility index (Phi) is 5.54. The van der Waals surface area contributed by atoms with Gasteiger partial charge in [0.15, 0.2) is 0 Å². The maximum absolute atomic E-state index is 11.2. The summed E-state index contributed by atoms with van der Waals surface area (Å²) in [5, 5.41) is 9.56. The van der Waals surface area contributed by atoms with Crippen LogP contribution in [0.3, 0.4) is 0 Å². The Hall–Kier alpha value is -0.980. The predicted molar refractivity (Wildman–Crippen MR) is 65.3 cm³/mol. The van der Waals surface area contributed by atoms with Gasteiger partial charge in [-0.25, -0.2) is 4.79 Å². The molecule has 0 aromatic carbocycles. The van der Waals surface area contributed by atoms with E-state index in [9.17, 15) is 9.90 Å². The van der Waals surface area contributed by atoms with Gasteiger partial charge in [0.1, 0.15) is 0 Å². The Morgan fingerprint density at radius 3 is 2.53 bits per heavy atom. The van der Waals surface area contributed by atoms with Gasteiger partial charge < -0.3 is 14.6 Å². The van der Waals surface area contributed by atoms with Crippen molar-refractivity contribution in [2.75, 3.05) is 14.2 Å². The Balaban J connectivity index is 3.29. The number of nitrogens with zero attached hydrogens (tertiary/aromatic N) is 1. The zero-order valence-electron chi connectivity index (χ0n) is 9.70. The summed E-state index contributed by atoms with van der Waals surface area (Å²) in [5.41, 5.74) is 1.98. The Morgan fingerprint density at radius 1 is 1.41 bits per heavy atom.